The molecular weight excluding hydrogens is 543 g/mol. The first-order valence-corrected chi connectivity index (χ1v) is 11.3. The number of ether oxygens (including phenoxy) is 3. The number of carbonyl (C=O) groups is 1. The molecule has 0 unspecified atom stereocenters. The van der Waals surface area contributed by atoms with Gasteiger partial charge >= 0.3 is 0 Å². The van der Waals surface area contributed by atoms with Gasteiger partial charge in [0, 0.05) is 10.6 Å². The zero-order chi connectivity index (χ0) is 22.9. The lowest BCUT2D eigenvalue weighted by Gasteiger charge is -2.13. The molecule has 166 valence electrons. The summed E-state index contributed by atoms with van der Waals surface area (Å²) < 4.78 is 17.7. The average molecular weight is 565 g/mol. The standard InChI is InChI=1S/C24H22ClIN2O4/c1-3-31-20-10-6-18(7-11-20)24(29)28-27-14-17-12-21(26)23(22(13-17)30-2)32-15-16-4-8-19(25)9-5-16/h4-14H,3,15H2,1-2H3,(H,28,29)/b27-14-. The minimum absolute atomic E-state index is 0.311. The quantitative estimate of drug-likeness (QED) is 0.206. The van der Waals surface area contributed by atoms with Gasteiger partial charge in [-0.25, -0.2) is 5.43 Å². The van der Waals surface area contributed by atoms with Crippen molar-refractivity contribution >= 4 is 46.3 Å². The molecule has 0 saturated heterocycles. The normalized spacial score (nSPS) is 10.8. The number of amides is 1. The van der Waals surface area contributed by atoms with Crippen LogP contribution < -0.4 is 19.6 Å². The van der Waals surface area contributed by atoms with Crippen molar-refractivity contribution in [3.05, 3.63) is 85.9 Å². The number of halogens is 2. The number of benzene rings is 3. The molecule has 0 aliphatic carbocycles. The van der Waals surface area contributed by atoms with E-state index in [1.165, 1.54) is 0 Å². The Morgan fingerprint density at radius 3 is 2.47 bits per heavy atom. The van der Waals surface area contributed by atoms with Crippen LogP contribution in [0.2, 0.25) is 5.02 Å². The first kappa shape index (κ1) is 23.9. The molecule has 0 heterocycles. The van der Waals surface area contributed by atoms with Crippen LogP contribution in [0.4, 0.5) is 0 Å². The van der Waals surface area contributed by atoms with Crippen LogP contribution in [0, 0.1) is 3.57 Å². The molecule has 6 nitrogen and oxygen atoms in total. The zero-order valence-corrected chi connectivity index (χ0v) is 20.5. The van der Waals surface area contributed by atoms with E-state index < -0.39 is 0 Å². The minimum atomic E-state index is -0.311. The number of nitrogens with zero attached hydrogens (tertiary/aromatic N) is 1. The predicted octanol–water partition coefficient (Wildman–Crippen LogP) is 5.69. The van der Waals surface area contributed by atoms with Gasteiger partial charge in [0.1, 0.15) is 12.4 Å². The van der Waals surface area contributed by atoms with Crippen molar-refractivity contribution in [3.8, 4) is 17.2 Å². The molecule has 0 aliphatic rings. The van der Waals surface area contributed by atoms with Gasteiger partial charge in [-0.15, -0.1) is 0 Å². The van der Waals surface area contributed by atoms with E-state index in [0.717, 1.165) is 14.7 Å². The van der Waals surface area contributed by atoms with Gasteiger partial charge in [-0.2, -0.15) is 5.10 Å². The summed E-state index contributed by atoms with van der Waals surface area (Å²) in [5.41, 5.74) is 4.77. The van der Waals surface area contributed by atoms with Gasteiger partial charge in [-0.3, -0.25) is 4.79 Å². The van der Waals surface area contributed by atoms with Gasteiger partial charge in [0.2, 0.25) is 0 Å². The van der Waals surface area contributed by atoms with Crippen molar-refractivity contribution in [1.29, 1.82) is 0 Å². The largest absolute Gasteiger partial charge is 0.494 e. The summed E-state index contributed by atoms with van der Waals surface area (Å²) in [6.07, 6.45) is 1.56. The molecule has 0 radical (unpaired) electrons. The van der Waals surface area contributed by atoms with Gasteiger partial charge in [0.05, 0.1) is 23.5 Å². The Balaban J connectivity index is 1.64. The van der Waals surface area contributed by atoms with Gasteiger partial charge in [0.15, 0.2) is 11.5 Å². The molecule has 0 aromatic heterocycles. The average Bonchev–Trinajstić information content (AvgIpc) is 2.80. The monoisotopic (exact) mass is 564 g/mol. The molecule has 0 saturated carbocycles. The predicted molar refractivity (Wildman–Crippen MR) is 134 cm³/mol. The van der Waals surface area contributed by atoms with Crippen molar-refractivity contribution in [2.75, 3.05) is 13.7 Å². The van der Waals surface area contributed by atoms with Crippen LogP contribution in [0.25, 0.3) is 0 Å². The summed E-state index contributed by atoms with van der Waals surface area (Å²) in [7, 11) is 1.58. The first-order valence-electron chi connectivity index (χ1n) is 9.81. The third kappa shape index (κ3) is 6.61. The van der Waals surface area contributed by atoms with E-state index in [4.69, 9.17) is 25.8 Å². The molecule has 8 heteroatoms. The van der Waals surface area contributed by atoms with Crippen LogP contribution >= 0.6 is 34.2 Å². The number of nitrogens with one attached hydrogen (secondary N) is 1. The second-order valence-electron chi connectivity index (χ2n) is 6.61. The number of methoxy groups -OCH3 is 1. The molecule has 3 rings (SSSR count). The maximum atomic E-state index is 12.3. The fraction of sp³-hybridized carbons (Fsp3) is 0.167. The summed E-state index contributed by atoms with van der Waals surface area (Å²) in [4.78, 5) is 12.3. The van der Waals surface area contributed by atoms with Crippen LogP contribution in [0.3, 0.4) is 0 Å². The summed E-state index contributed by atoms with van der Waals surface area (Å²) >= 11 is 8.11. The highest BCUT2D eigenvalue weighted by Gasteiger charge is 2.12. The molecule has 0 spiro atoms. The van der Waals surface area contributed by atoms with E-state index in [1.54, 1.807) is 43.7 Å². The maximum Gasteiger partial charge on any atom is 0.271 e. The fourth-order valence-electron chi connectivity index (χ4n) is 2.79. The van der Waals surface area contributed by atoms with Crippen molar-refractivity contribution in [1.82, 2.24) is 5.43 Å². The third-order valence-electron chi connectivity index (χ3n) is 4.36. The Hall–Kier alpha value is -2.78. The molecule has 0 atom stereocenters. The lowest BCUT2D eigenvalue weighted by molar-refractivity contribution is 0.0955. The smallest absolute Gasteiger partial charge is 0.271 e. The van der Waals surface area contributed by atoms with Crippen LogP contribution in [0.1, 0.15) is 28.4 Å². The van der Waals surface area contributed by atoms with Crippen LogP contribution in [-0.2, 0) is 6.61 Å². The minimum Gasteiger partial charge on any atom is -0.494 e. The summed E-state index contributed by atoms with van der Waals surface area (Å²) in [6.45, 7) is 2.86. The number of hydrogen-bond acceptors (Lipinski definition) is 5. The van der Waals surface area contributed by atoms with E-state index in [1.807, 2.05) is 37.3 Å². The van der Waals surface area contributed by atoms with Crippen LogP contribution in [-0.4, -0.2) is 25.8 Å². The molecule has 0 aliphatic heterocycles. The highest BCUT2D eigenvalue weighted by Crippen LogP contribution is 2.34. The Labute approximate surface area is 205 Å². The molecule has 3 aromatic rings. The van der Waals surface area contributed by atoms with E-state index in [0.29, 0.717) is 41.0 Å². The number of hydrogen-bond donors (Lipinski definition) is 1. The van der Waals surface area contributed by atoms with Crippen molar-refractivity contribution < 1.29 is 19.0 Å². The van der Waals surface area contributed by atoms with E-state index in [9.17, 15) is 4.79 Å². The second kappa shape index (κ2) is 11.7. The maximum absolute atomic E-state index is 12.3. The lowest BCUT2D eigenvalue weighted by Crippen LogP contribution is -2.17. The van der Waals surface area contributed by atoms with Crippen molar-refractivity contribution in [3.63, 3.8) is 0 Å². The number of hydrazone groups is 1. The highest BCUT2D eigenvalue weighted by atomic mass is 127. The first-order chi connectivity index (χ1) is 15.5. The van der Waals surface area contributed by atoms with Crippen LogP contribution in [0.15, 0.2) is 65.8 Å². The summed E-state index contributed by atoms with van der Waals surface area (Å²) in [5.74, 6) is 1.62. The van der Waals surface area contributed by atoms with Crippen LogP contribution in [0.5, 0.6) is 17.2 Å². The molecular formula is C24H22ClIN2O4. The molecule has 1 amide bonds. The molecule has 1 N–H and O–H groups in total. The van der Waals surface area contributed by atoms with Gasteiger partial charge in [0.25, 0.3) is 5.91 Å². The van der Waals surface area contributed by atoms with Gasteiger partial charge in [-0.1, -0.05) is 23.7 Å². The highest BCUT2D eigenvalue weighted by molar-refractivity contribution is 14.1. The summed E-state index contributed by atoms with van der Waals surface area (Å²) in [6, 6.07) is 18.0. The Morgan fingerprint density at radius 1 is 1.09 bits per heavy atom. The van der Waals surface area contributed by atoms with E-state index >= 15 is 0 Å². The zero-order valence-electron chi connectivity index (χ0n) is 17.6. The number of rotatable bonds is 9. The Kier molecular flexibility index (Phi) is 8.75. The Morgan fingerprint density at radius 2 is 1.81 bits per heavy atom. The van der Waals surface area contributed by atoms with Crippen molar-refractivity contribution in [2.24, 2.45) is 5.10 Å². The summed E-state index contributed by atoms with van der Waals surface area (Å²) in [5, 5.41) is 4.74. The fourth-order valence-corrected chi connectivity index (χ4v) is 3.70. The molecule has 32 heavy (non-hydrogen) atoms. The Bertz CT molecular complexity index is 1090. The topological polar surface area (TPSA) is 69.2 Å². The van der Waals surface area contributed by atoms with E-state index in [2.05, 4.69) is 33.1 Å². The third-order valence-corrected chi connectivity index (χ3v) is 5.41. The van der Waals surface area contributed by atoms with E-state index in [-0.39, 0.29) is 5.91 Å². The molecule has 3 aromatic carbocycles. The number of carbonyl (C=O) groups excluding carboxylic acids is 1. The lowest BCUT2D eigenvalue weighted by atomic mass is 10.2. The van der Waals surface area contributed by atoms with Gasteiger partial charge < -0.3 is 14.2 Å². The SMILES string of the molecule is CCOc1ccc(C(=O)N/N=C\c2cc(I)c(OCc3ccc(Cl)cc3)c(OC)c2)cc1. The van der Waals surface area contributed by atoms with Gasteiger partial charge in [-0.05, 0) is 89.2 Å². The van der Waals surface area contributed by atoms with Crippen molar-refractivity contribution in [2.45, 2.75) is 13.5 Å². The second-order valence-corrected chi connectivity index (χ2v) is 8.20. The molecule has 0 fully saturated rings. The molecule has 0 bridgehead atoms.